The summed E-state index contributed by atoms with van der Waals surface area (Å²) < 4.78 is 0. The predicted octanol–water partition coefficient (Wildman–Crippen LogP) is 3.76. The highest BCUT2D eigenvalue weighted by Crippen LogP contribution is 2.36. The van der Waals surface area contributed by atoms with Crippen LogP contribution in [-0.4, -0.2) is 35.6 Å². The van der Waals surface area contributed by atoms with Crippen LogP contribution in [0.15, 0.2) is 30.3 Å². The highest BCUT2D eigenvalue weighted by Gasteiger charge is 2.28. The van der Waals surface area contributed by atoms with Gasteiger partial charge >= 0.3 is 5.97 Å². The highest BCUT2D eigenvalue weighted by atomic mass is 16.4. The van der Waals surface area contributed by atoms with Crippen molar-refractivity contribution in [2.45, 2.75) is 44.4 Å². The van der Waals surface area contributed by atoms with Crippen molar-refractivity contribution in [3.05, 3.63) is 35.9 Å². The lowest BCUT2D eigenvalue weighted by molar-refractivity contribution is -0.143. The fourth-order valence-electron chi connectivity index (χ4n) is 4.19. The van der Waals surface area contributed by atoms with Crippen LogP contribution in [0.25, 0.3) is 0 Å². The largest absolute Gasteiger partial charge is 0.481 e. The summed E-state index contributed by atoms with van der Waals surface area (Å²) in [6, 6.07) is 10.9. The Bertz CT molecular complexity index is 479. The Hall–Kier alpha value is -1.35. The zero-order valence-electron chi connectivity index (χ0n) is 13.3. The summed E-state index contributed by atoms with van der Waals surface area (Å²) in [5.41, 5.74) is 1.49. The normalized spacial score (nSPS) is 30.1. The second kappa shape index (κ2) is 7.28. The summed E-state index contributed by atoms with van der Waals surface area (Å²) in [5, 5.41) is 9.20. The molecular weight excluding hydrogens is 274 g/mol. The molecule has 1 saturated carbocycles. The summed E-state index contributed by atoms with van der Waals surface area (Å²) in [4.78, 5) is 13.6. The first-order valence-corrected chi connectivity index (χ1v) is 8.72. The molecule has 3 heteroatoms. The number of rotatable bonds is 4. The molecule has 0 radical (unpaired) electrons. The van der Waals surface area contributed by atoms with E-state index in [4.69, 9.17) is 0 Å². The Balaban J connectivity index is 1.47. The van der Waals surface area contributed by atoms with Gasteiger partial charge in [-0.1, -0.05) is 30.3 Å². The van der Waals surface area contributed by atoms with Crippen LogP contribution in [-0.2, 0) is 4.79 Å². The molecule has 3 rings (SSSR count). The van der Waals surface area contributed by atoms with E-state index in [1.807, 2.05) is 0 Å². The molecule has 1 aromatic rings. The van der Waals surface area contributed by atoms with E-state index in [1.54, 1.807) is 0 Å². The molecule has 2 aliphatic rings. The summed E-state index contributed by atoms with van der Waals surface area (Å²) in [5.74, 6) is 0.727. The molecule has 1 atom stereocenters. The van der Waals surface area contributed by atoms with Crippen molar-refractivity contribution >= 4 is 5.97 Å². The first-order chi connectivity index (χ1) is 10.7. The maximum atomic E-state index is 11.2. The molecule has 1 aromatic carbocycles. The fraction of sp³-hybridized carbons (Fsp3) is 0.632. The second-order valence-corrected chi connectivity index (χ2v) is 7.07. The minimum Gasteiger partial charge on any atom is -0.481 e. The molecule has 1 unspecified atom stereocenters. The van der Waals surface area contributed by atoms with Crippen LogP contribution < -0.4 is 0 Å². The van der Waals surface area contributed by atoms with Crippen LogP contribution in [0.2, 0.25) is 0 Å². The smallest absolute Gasteiger partial charge is 0.307 e. The highest BCUT2D eigenvalue weighted by molar-refractivity contribution is 5.70. The third kappa shape index (κ3) is 3.89. The average molecular weight is 301 g/mol. The van der Waals surface area contributed by atoms with Crippen molar-refractivity contribution in [3.63, 3.8) is 0 Å². The van der Waals surface area contributed by atoms with Gasteiger partial charge in [0, 0.05) is 13.1 Å². The molecule has 1 heterocycles. The van der Waals surface area contributed by atoms with E-state index in [1.165, 1.54) is 31.2 Å². The Morgan fingerprint density at radius 3 is 2.50 bits per heavy atom. The minimum absolute atomic E-state index is 0.144. The van der Waals surface area contributed by atoms with E-state index >= 15 is 0 Å². The van der Waals surface area contributed by atoms with E-state index < -0.39 is 5.97 Å². The molecular formula is C19H27NO2. The van der Waals surface area contributed by atoms with E-state index in [9.17, 15) is 9.90 Å². The summed E-state index contributed by atoms with van der Waals surface area (Å²) in [6.45, 7) is 2.95. The van der Waals surface area contributed by atoms with Gasteiger partial charge in [-0.2, -0.15) is 0 Å². The molecule has 0 aromatic heterocycles. The molecule has 0 spiro atoms. The van der Waals surface area contributed by atoms with Crippen molar-refractivity contribution in [2.24, 2.45) is 11.8 Å². The standard InChI is InChI=1S/C19H27NO2/c21-19(22)18-7-4-12-20(14-18)13-15-8-10-17(11-9-15)16-5-2-1-3-6-16/h1-3,5-6,15,17-18H,4,7-14H2,(H,21,22). The van der Waals surface area contributed by atoms with E-state index in [0.717, 1.165) is 44.3 Å². The Morgan fingerprint density at radius 1 is 1.09 bits per heavy atom. The number of carboxylic acid groups (broad SMARTS) is 1. The number of aliphatic carboxylic acids is 1. The Kier molecular flexibility index (Phi) is 5.14. The van der Waals surface area contributed by atoms with Crippen LogP contribution in [0.3, 0.4) is 0 Å². The van der Waals surface area contributed by atoms with Gasteiger partial charge in [0.25, 0.3) is 0 Å². The Morgan fingerprint density at radius 2 is 1.82 bits per heavy atom. The summed E-state index contributed by atoms with van der Waals surface area (Å²) >= 11 is 0. The number of carboxylic acids is 1. The van der Waals surface area contributed by atoms with Crippen LogP contribution in [0.5, 0.6) is 0 Å². The number of benzene rings is 1. The molecule has 1 aliphatic heterocycles. The summed E-state index contributed by atoms with van der Waals surface area (Å²) in [6.07, 6.45) is 7.03. The summed E-state index contributed by atoms with van der Waals surface area (Å²) in [7, 11) is 0. The topological polar surface area (TPSA) is 40.5 Å². The van der Waals surface area contributed by atoms with Crippen LogP contribution >= 0.6 is 0 Å². The predicted molar refractivity (Wildman–Crippen MR) is 87.9 cm³/mol. The lowest BCUT2D eigenvalue weighted by Gasteiger charge is -2.36. The molecule has 120 valence electrons. The van der Waals surface area contributed by atoms with Crippen molar-refractivity contribution < 1.29 is 9.90 Å². The monoisotopic (exact) mass is 301 g/mol. The molecule has 1 aliphatic carbocycles. The second-order valence-electron chi connectivity index (χ2n) is 7.07. The van der Waals surface area contributed by atoms with Crippen molar-refractivity contribution in [3.8, 4) is 0 Å². The molecule has 2 fully saturated rings. The third-order valence-corrected chi connectivity index (χ3v) is 5.49. The van der Waals surface area contributed by atoms with Gasteiger partial charge in [-0.3, -0.25) is 4.79 Å². The van der Waals surface area contributed by atoms with Crippen LogP contribution in [0.4, 0.5) is 0 Å². The Labute approximate surface area is 133 Å². The number of likely N-dealkylation sites (tertiary alicyclic amines) is 1. The van der Waals surface area contributed by atoms with Gasteiger partial charge in [0.15, 0.2) is 0 Å². The fourth-order valence-corrected chi connectivity index (χ4v) is 4.19. The van der Waals surface area contributed by atoms with Gasteiger partial charge in [0.05, 0.1) is 5.92 Å². The van der Waals surface area contributed by atoms with Crippen LogP contribution in [0.1, 0.15) is 50.0 Å². The number of piperidine rings is 1. The molecule has 1 N–H and O–H groups in total. The zero-order chi connectivity index (χ0) is 15.4. The zero-order valence-corrected chi connectivity index (χ0v) is 13.3. The van der Waals surface area contributed by atoms with Gasteiger partial charge in [0.1, 0.15) is 0 Å². The quantitative estimate of drug-likeness (QED) is 0.920. The maximum absolute atomic E-state index is 11.2. The van der Waals surface area contributed by atoms with Crippen molar-refractivity contribution in [1.29, 1.82) is 0 Å². The molecule has 22 heavy (non-hydrogen) atoms. The molecule has 1 saturated heterocycles. The molecule has 3 nitrogen and oxygen atoms in total. The molecule has 0 amide bonds. The molecule has 0 bridgehead atoms. The van der Waals surface area contributed by atoms with Crippen molar-refractivity contribution in [2.75, 3.05) is 19.6 Å². The lowest BCUT2D eigenvalue weighted by Crippen LogP contribution is -2.41. The van der Waals surface area contributed by atoms with Gasteiger partial charge in [-0.15, -0.1) is 0 Å². The van der Waals surface area contributed by atoms with E-state index in [-0.39, 0.29) is 5.92 Å². The van der Waals surface area contributed by atoms with Gasteiger partial charge in [-0.25, -0.2) is 0 Å². The van der Waals surface area contributed by atoms with Gasteiger partial charge < -0.3 is 10.0 Å². The SMILES string of the molecule is O=C(O)C1CCCN(CC2CCC(c3ccccc3)CC2)C1. The van der Waals surface area contributed by atoms with E-state index in [0.29, 0.717) is 0 Å². The number of hydrogen-bond acceptors (Lipinski definition) is 2. The minimum atomic E-state index is -0.613. The van der Waals surface area contributed by atoms with Gasteiger partial charge in [-0.05, 0) is 62.5 Å². The van der Waals surface area contributed by atoms with Gasteiger partial charge in [0.2, 0.25) is 0 Å². The van der Waals surface area contributed by atoms with Crippen molar-refractivity contribution in [1.82, 2.24) is 4.90 Å². The van der Waals surface area contributed by atoms with Crippen LogP contribution in [0, 0.1) is 11.8 Å². The lowest BCUT2D eigenvalue weighted by atomic mass is 9.78. The number of carbonyl (C=O) groups is 1. The van der Waals surface area contributed by atoms with E-state index in [2.05, 4.69) is 35.2 Å². The maximum Gasteiger partial charge on any atom is 0.307 e. The number of nitrogens with zero attached hydrogens (tertiary/aromatic N) is 1. The third-order valence-electron chi connectivity index (χ3n) is 5.49. The first-order valence-electron chi connectivity index (χ1n) is 8.72. The first kappa shape index (κ1) is 15.5. The number of hydrogen-bond donors (Lipinski definition) is 1. The average Bonchev–Trinajstić information content (AvgIpc) is 2.56.